The standard InChI is InChI=1S/C30H27N5O6S/c1-39-20-6-4-5-19(14-20)32-27(37)16-42-30-33-22-8-3-2-7-21(22)28-34-29(38)23(35(28)30)10-12-26(36)31-15-18-9-11-24-25(13-18)41-17-40-24/h2-9,11,13-14,23H,10,12,15-17H2,1H3,(H,31,36)(H,32,37). The Hall–Kier alpha value is -4.84. The molecule has 6 rings (SSSR count). The van der Waals surface area contributed by atoms with Crippen LogP contribution in [0.3, 0.4) is 0 Å². The molecule has 3 amide bonds. The van der Waals surface area contributed by atoms with Gasteiger partial charge in [0.15, 0.2) is 16.7 Å². The molecule has 12 heteroatoms. The maximum Gasteiger partial charge on any atom is 0.270 e. The molecule has 0 aliphatic carbocycles. The number of ether oxygens (including phenoxy) is 3. The lowest BCUT2D eigenvalue weighted by molar-refractivity contribution is -0.122. The van der Waals surface area contributed by atoms with E-state index in [4.69, 9.17) is 19.2 Å². The van der Waals surface area contributed by atoms with Crippen LogP contribution < -0.4 is 24.8 Å². The Bertz CT molecular complexity index is 1620. The summed E-state index contributed by atoms with van der Waals surface area (Å²) in [5.74, 6) is 1.71. The third kappa shape index (κ3) is 5.79. The van der Waals surface area contributed by atoms with E-state index in [2.05, 4.69) is 15.6 Å². The molecule has 1 atom stereocenters. The third-order valence-electron chi connectivity index (χ3n) is 6.87. The van der Waals surface area contributed by atoms with Crippen LogP contribution in [-0.4, -0.2) is 59.3 Å². The number of aliphatic imine (C=N–C) groups is 2. The monoisotopic (exact) mass is 585 g/mol. The second-order valence-electron chi connectivity index (χ2n) is 9.64. The Labute approximate surface area is 246 Å². The van der Waals surface area contributed by atoms with Gasteiger partial charge in [0, 0.05) is 30.3 Å². The zero-order valence-electron chi connectivity index (χ0n) is 22.7. The molecule has 0 aromatic heterocycles. The number of hydrogen-bond acceptors (Lipinski definition) is 9. The van der Waals surface area contributed by atoms with Crippen molar-refractivity contribution in [2.45, 2.75) is 25.4 Å². The number of amides is 3. The molecule has 3 aromatic carbocycles. The van der Waals surface area contributed by atoms with Crippen molar-refractivity contribution in [3.05, 3.63) is 77.9 Å². The number of hydrogen-bond donors (Lipinski definition) is 2. The molecule has 0 bridgehead atoms. The average molecular weight is 586 g/mol. The lowest BCUT2D eigenvalue weighted by Crippen LogP contribution is -2.44. The molecule has 42 heavy (non-hydrogen) atoms. The van der Waals surface area contributed by atoms with Gasteiger partial charge in [-0.2, -0.15) is 4.99 Å². The van der Waals surface area contributed by atoms with E-state index < -0.39 is 6.04 Å². The largest absolute Gasteiger partial charge is 0.497 e. The summed E-state index contributed by atoms with van der Waals surface area (Å²) in [6.07, 6.45) is 0.340. The number of amidine groups is 2. The number of fused-ring (bicyclic) bond motifs is 4. The second-order valence-corrected chi connectivity index (χ2v) is 10.6. The van der Waals surface area contributed by atoms with Gasteiger partial charge in [-0.1, -0.05) is 36.0 Å². The van der Waals surface area contributed by atoms with Crippen molar-refractivity contribution in [2.24, 2.45) is 9.98 Å². The first-order chi connectivity index (χ1) is 20.5. The predicted molar refractivity (Wildman–Crippen MR) is 158 cm³/mol. The summed E-state index contributed by atoms with van der Waals surface area (Å²) in [4.78, 5) is 49.5. The van der Waals surface area contributed by atoms with Gasteiger partial charge in [0.2, 0.25) is 18.6 Å². The van der Waals surface area contributed by atoms with Crippen molar-refractivity contribution < 1.29 is 28.6 Å². The highest BCUT2D eigenvalue weighted by molar-refractivity contribution is 8.14. The van der Waals surface area contributed by atoms with E-state index >= 15 is 0 Å². The average Bonchev–Trinajstić information content (AvgIpc) is 3.61. The zero-order valence-corrected chi connectivity index (χ0v) is 23.5. The lowest BCUT2D eigenvalue weighted by atomic mass is 10.1. The molecule has 0 fully saturated rings. The number of methoxy groups -OCH3 is 1. The first kappa shape index (κ1) is 27.3. The highest BCUT2D eigenvalue weighted by Gasteiger charge is 2.41. The summed E-state index contributed by atoms with van der Waals surface area (Å²) in [6.45, 7) is 0.500. The van der Waals surface area contributed by atoms with Gasteiger partial charge in [-0.3, -0.25) is 19.3 Å². The predicted octanol–water partition coefficient (Wildman–Crippen LogP) is 3.85. The number of nitrogens with zero attached hydrogens (tertiary/aromatic N) is 3. The number of rotatable bonds is 9. The first-order valence-corrected chi connectivity index (χ1v) is 14.3. The van der Waals surface area contributed by atoms with Crippen LogP contribution in [-0.2, 0) is 20.9 Å². The number of nitrogens with one attached hydrogen (secondary N) is 2. The van der Waals surface area contributed by atoms with E-state index in [9.17, 15) is 14.4 Å². The Morgan fingerprint density at radius 1 is 1.02 bits per heavy atom. The molecule has 0 saturated carbocycles. The van der Waals surface area contributed by atoms with Crippen LogP contribution >= 0.6 is 11.8 Å². The molecule has 0 radical (unpaired) electrons. The quantitative estimate of drug-likeness (QED) is 0.387. The van der Waals surface area contributed by atoms with Crippen LogP contribution in [0, 0.1) is 0 Å². The summed E-state index contributed by atoms with van der Waals surface area (Å²) in [6, 6.07) is 19.3. The van der Waals surface area contributed by atoms with E-state index in [0.717, 1.165) is 11.1 Å². The molecule has 3 aliphatic rings. The van der Waals surface area contributed by atoms with E-state index in [1.807, 2.05) is 42.5 Å². The molecule has 2 N–H and O–H groups in total. The zero-order chi connectivity index (χ0) is 29.1. The van der Waals surface area contributed by atoms with Crippen molar-refractivity contribution in [3.8, 4) is 17.2 Å². The van der Waals surface area contributed by atoms with Crippen molar-refractivity contribution >= 4 is 51.9 Å². The number of carbonyl (C=O) groups is 3. The van der Waals surface area contributed by atoms with Gasteiger partial charge in [-0.25, -0.2) is 4.99 Å². The highest BCUT2D eigenvalue weighted by Crippen LogP contribution is 2.35. The van der Waals surface area contributed by atoms with Gasteiger partial charge in [0.1, 0.15) is 17.6 Å². The van der Waals surface area contributed by atoms with Crippen LogP contribution in [0.2, 0.25) is 0 Å². The van der Waals surface area contributed by atoms with Crippen LogP contribution in [0.25, 0.3) is 0 Å². The number of benzene rings is 3. The van der Waals surface area contributed by atoms with Gasteiger partial charge in [0.05, 0.1) is 18.6 Å². The number of anilines is 1. The Balaban J connectivity index is 1.11. The minimum Gasteiger partial charge on any atom is -0.497 e. The van der Waals surface area contributed by atoms with E-state index in [1.165, 1.54) is 11.8 Å². The van der Waals surface area contributed by atoms with Crippen molar-refractivity contribution in [2.75, 3.05) is 25.0 Å². The third-order valence-corrected chi connectivity index (χ3v) is 7.82. The van der Waals surface area contributed by atoms with Gasteiger partial charge in [-0.05, 0) is 48.4 Å². The summed E-state index contributed by atoms with van der Waals surface area (Å²) in [5, 5.41) is 6.23. The maximum absolute atomic E-state index is 13.1. The summed E-state index contributed by atoms with van der Waals surface area (Å²) in [7, 11) is 1.56. The molecule has 3 aromatic rings. The van der Waals surface area contributed by atoms with Gasteiger partial charge >= 0.3 is 0 Å². The van der Waals surface area contributed by atoms with Crippen molar-refractivity contribution in [3.63, 3.8) is 0 Å². The molecule has 3 aliphatic heterocycles. The van der Waals surface area contributed by atoms with Crippen LogP contribution in [0.15, 0.2) is 76.7 Å². The molecule has 11 nitrogen and oxygen atoms in total. The Kier molecular flexibility index (Phi) is 7.78. The fourth-order valence-electron chi connectivity index (χ4n) is 4.81. The van der Waals surface area contributed by atoms with Gasteiger partial charge in [-0.15, -0.1) is 0 Å². The number of thioether (sulfide) groups is 1. The smallest absolute Gasteiger partial charge is 0.270 e. The molecule has 3 heterocycles. The summed E-state index contributed by atoms with van der Waals surface area (Å²) < 4.78 is 15.9. The van der Waals surface area contributed by atoms with E-state index in [-0.39, 0.29) is 43.1 Å². The van der Waals surface area contributed by atoms with Crippen LogP contribution in [0.1, 0.15) is 24.0 Å². The fraction of sp³-hybridized carbons (Fsp3) is 0.233. The SMILES string of the molecule is COc1cccc(NC(=O)CSC2=Nc3ccccc3C3=NC(=O)C(CCC(=O)NCc4ccc5c(c4)OCO5)N23)c1. The van der Waals surface area contributed by atoms with Crippen molar-refractivity contribution in [1.29, 1.82) is 0 Å². The first-order valence-electron chi connectivity index (χ1n) is 13.3. The molecular formula is C30H27N5O6S. The molecule has 0 spiro atoms. The van der Waals surface area contributed by atoms with Gasteiger partial charge < -0.3 is 24.8 Å². The van der Waals surface area contributed by atoms with Crippen molar-refractivity contribution in [1.82, 2.24) is 10.2 Å². The Morgan fingerprint density at radius 3 is 2.76 bits per heavy atom. The topological polar surface area (TPSA) is 131 Å². The van der Waals surface area contributed by atoms with E-state index in [1.54, 1.807) is 36.3 Å². The highest BCUT2D eigenvalue weighted by atomic mass is 32.2. The van der Waals surface area contributed by atoms with Crippen LogP contribution in [0.5, 0.6) is 17.2 Å². The molecule has 214 valence electrons. The minimum atomic E-state index is -0.711. The fourth-order valence-corrected chi connectivity index (χ4v) is 5.66. The summed E-state index contributed by atoms with van der Waals surface area (Å²) in [5.41, 5.74) is 2.88. The lowest BCUT2D eigenvalue weighted by Gasteiger charge is -2.31. The molecule has 0 saturated heterocycles. The van der Waals surface area contributed by atoms with Gasteiger partial charge in [0.25, 0.3) is 5.91 Å². The maximum atomic E-state index is 13.1. The Morgan fingerprint density at radius 2 is 1.88 bits per heavy atom. The molecule has 1 unspecified atom stereocenters. The molecular weight excluding hydrogens is 558 g/mol. The number of carbonyl (C=O) groups excluding carboxylic acids is 3. The van der Waals surface area contributed by atoms with E-state index in [0.29, 0.717) is 46.2 Å². The second kappa shape index (κ2) is 12.0. The normalized spacial score (nSPS) is 16.3. The minimum absolute atomic E-state index is 0.0545. The number of para-hydroxylation sites is 1. The summed E-state index contributed by atoms with van der Waals surface area (Å²) >= 11 is 1.21. The van der Waals surface area contributed by atoms with Crippen LogP contribution in [0.4, 0.5) is 11.4 Å².